The van der Waals surface area contributed by atoms with Crippen LogP contribution in [0.3, 0.4) is 0 Å². The number of ether oxygens (including phenoxy) is 2. The van der Waals surface area contributed by atoms with Gasteiger partial charge in [0.05, 0.1) is 32.2 Å². The minimum absolute atomic E-state index is 0.0210. The van der Waals surface area contributed by atoms with Gasteiger partial charge in [-0.2, -0.15) is 0 Å². The zero-order valence-electron chi connectivity index (χ0n) is 15.1. The summed E-state index contributed by atoms with van der Waals surface area (Å²) in [5, 5.41) is 20.8. The van der Waals surface area contributed by atoms with E-state index in [4.69, 9.17) is 19.3 Å². The number of methoxy groups -OCH3 is 2. The number of hydrogen-bond donors (Lipinski definition) is 3. The number of pyridine rings is 1. The Labute approximate surface area is 154 Å². The highest BCUT2D eigenvalue weighted by Crippen LogP contribution is 2.29. The summed E-state index contributed by atoms with van der Waals surface area (Å²) in [6.07, 6.45) is 1.52. The van der Waals surface area contributed by atoms with Gasteiger partial charge in [0.2, 0.25) is 5.55 Å². The molecule has 3 aromatic rings. The molecular weight excluding hydrogens is 350 g/mol. The van der Waals surface area contributed by atoms with Crippen LogP contribution in [0.2, 0.25) is 0 Å². The summed E-state index contributed by atoms with van der Waals surface area (Å²) in [6, 6.07) is 6.51. The van der Waals surface area contributed by atoms with Gasteiger partial charge in [0, 0.05) is 23.2 Å². The van der Waals surface area contributed by atoms with Crippen LogP contribution in [0.25, 0.3) is 11.0 Å². The number of nitrogens with one attached hydrogen (secondary N) is 2. The second kappa shape index (κ2) is 7.46. The molecule has 27 heavy (non-hydrogen) atoms. The van der Waals surface area contributed by atoms with E-state index in [9.17, 15) is 9.90 Å². The van der Waals surface area contributed by atoms with Crippen LogP contribution in [-0.2, 0) is 6.61 Å². The average Bonchev–Trinajstić information content (AvgIpc) is 2.68. The van der Waals surface area contributed by atoms with Gasteiger partial charge < -0.3 is 24.3 Å². The molecule has 0 aliphatic carbocycles. The lowest BCUT2D eigenvalue weighted by atomic mass is 10.1. The number of carbonyl (C=O) groups excluding carboxylic acids is 1. The monoisotopic (exact) mass is 369 g/mol. The number of aliphatic hydroxyl groups excluding tert-OH is 1. The number of aliphatic hydroxyl groups is 1. The molecule has 0 unspecified atom stereocenters. The molecule has 2 aromatic heterocycles. The molecule has 2 heterocycles. The first-order valence-electron chi connectivity index (χ1n) is 8.09. The lowest BCUT2D eigenvalue weighted by Crippen LogP contribution is -2.21. The summed E-state index contributed by atoms with van der Waals surface area (Å²) in [4.78, 5) is 16.9. The largest absolute Gasteiger partial charge is 0.497 e. The van der Waals surface area contributed by atoms with Crippen LogP contribution in [0.15, 0.2) is 34.9 Å². The third-order valence-corrected chi connectivity index (χ3v) is 4.14. The summed E-state index contributed by atoms with van der Waals surface area (Å²) in [7, 11) is 3.01. The first kappa shape index (κ1) is 18.4. The average molecular weight is 369 g/mol. The zero-order chi connectivity index (χ0) is 19.6. The molecule has 0 aliphatic rings. The molecule has 3 N–H and O–H groups in total. The number of aryl methyl sites for hydroxylation is 1. The van der Waals surface area contributed by atoms with Gasteiger partial charge in [-0.1, -0.05) is 0 Å². The van der Waals surface area contributed by atoms with Crippen molar-refractivity contribution in [1.82, 2.24) is 4.98 Å². The molecular formula is C19H19N3O5. The van der Waals surface area contributed by atoms with Crippen molar-refractivity contribution in [2.75, 3.05) is 19.5 Å². The number of benzene rings is 1. The highest BCUT2D eigenvalue weighted by atomic mass is 16.5. The smallest absolute Gasteiger partial charge is 0.261 e. The van der Waals surface area contributed by atoms with Crippen molar-refractivity contribution in [2.24, 2.45) is 0 Å². The third kappa shape index (κ3) is 3.47. The number of carbonyl (C=O) groups is 1. The number of hydrogen-bond acceptors (Lipinski definition) is 7. The minimum atomic E-state index is -0.546. The van der Waals surface area contributed by atoms with Crippen molar-refractivity contribution in [1.29, 1.82) is 5.41 Å². The molecule has 0 saturated carbocycles. The Bertz CT molecular complexity index is 1070. The van der Waals surface area contributed by atoms with Gasteiger partial charge in [0.25, 0.3) is 5.91 Å². The number of amides is 1. The Morgan fingerprint density at radius 1 is 1.30 bits per heavy atom. The summed E-state index contributed by atoms with van der Waals surface area (Å²) < 4.78 is 15.9. The van der Waals surface area contributed by atoms with Gasteiger partial charge in [-0.3, -0.25) is 15.2 Å². The molecule has 0 radical (unpaired) electrons. The predicted molar refractivity (Wildman–Crippen MR) is 98.0 cm³/mol. The van der Waals surface area contributed by atoms with E-state index in [0.29, 0.717) is 39.4 Å². The van der Waals surface area contributed by atoms with Gasteiger partial charge in [-0.05, 0) is 25.1 Å². The molecule has 8 heteroatoms. The number of rotatable bonds is 5. The van der Waals surface area contributed by atoms with E-state index in [1.54, 1.807) is 25.1 Å². The summed E-state index contributed by atoms with van der Waals surface area (Å²) >= 11 is 0. The SMILES string of the molecule is COc1ccc(OC)c(NC(=O)c2cc3c(CO)cnc(C)c3oc2=N)c1. The standard InChI is InChI=1S/C19H19N3O5/c1-10-17-13(11(9-23)8-21-10)7-14(18(20)27-17)19(24)22-15-6-12(25-2)4-5-16(15)26-3/h4-8,20,23H,9H2,1-3H3,(H,22,24). The maximum Gasteiger partial charge on any atom is 0.261 e. The first-order valence-corrected chi connectivity index (χ1v) is 8.09. The highest BCUT2D eigenvalue weighted by molar-refractivity contribution is 6.06. The van der Waals surface area contributed by atoms with Gasteiger partial charge in [-0.15, -0.1) is 0 Å². The van der Waals surface area contributed by atoms with Crippen LogP contribution in [-0.4, -0.2) is 30.2 Å². The molecule has 140 valence electrons. The van der Waals surface area contributed by atoms with E-state index in [2.05, 4.69) is 10.3 Å². The van der Waals surface area contributed by atoms with Gasteiger partial charge in [0.15, 0.2) is 5.58 Å². The van der Waals surface area contributed by atoms with Crippen molar-refractivity contribution >= 4 is 22.6 Å². The fourth-order valence-corrected chi connectivity index (χ4v) is 2.69. The van der Waals surface area contributed by atoms with Crippen LogP contribution in [0.5, 0.6) is 11.5 Å². The Morgan fingerprint density at radius 3 is 2.74 bits per heavy atom. The molecule has 0 atom stereocenters. The quantitative estimate of drug-likeness (QED) is 0.635. The van der Waals surface area contributed by atoms with Gasteiger partial charge >= 0.3 is 0 Å². The van der Waals surface area contributed by atoms with Crippen LogP contribution >= 0.6 is 0 Å². The lowest BCUT2D eigenvalue weighted by molar-refractivity contribution is 0.102. The van der Waals surface area contributed by atoms with Crippen molar-refractivity contribution in [2.45, 2.75) is 13.5 Å². The molecule has 0 aliphatic heterocycles. The highest BCUT2D eigenvalue weighted by Gasteiger charge is 2.17. The Hall–Kier alpha value is -3.39. The molecule has 0 fully saturated rings. The maximum atomic E-state index is 12.8. The molecule has 1 aromatic carbocycles. The number of nitrogens with zero attached hydrogens (tertiary/aromatic N) is 1. The molecule has 0 bridgehead atoms. The molecule has 1 amide bonds. The Balaban J connectivity index is 2.06. The molecule has 8 nitrogen and oxygen atoms in total. The summed E-state index contributed by atoms with van der Waals surface area (Å²) in [5.74, 6) is 0.449. The molecule has 3 rings (SSSR count). The van der Waals surface area contributed by atoms with Gasteiger partial charge in [0.1, 0.15) is 17.1 Å². The fraction of sp³-hybridized carbons (Fsp3) is 0.211. The van der Waals surface area contributed by atoms with E-state index in [1.165, 1.54) is 26.5 Å². The second-order valence-electron chi connectivity index (χ2n) is 5.78. The second-order valence-corrected chi connectivity index (χ2v) is 5.78. The van der Waals surface area contributed by atoms with Crippen LogP contribution in [0.1, 0.15) is 21.6 Å². The third-order valence-electron chi connectivity index (χ3n) is 4.14. The van der Waals surface area contributed by atoms with E-state index in [1.807, 2.05) is 0 Å². The van der Waals surface area contributed by atoms with Crippen LogP contribution in [0.4, 0.5) is 5.69 Å². The minimum Gasteiger partial charge on any atom is -0.497 e. The number of fused-ring (bicyclic) bond motifs is 1. The van der Waals surface area contributed by atoms with Gasteiger partial charge in [-0.25, -0.2) is 0 Å². The number of aromatic nitrogens is 1. The fourth-order valence-electron chi connectivity index (χ4n) is 2.69. The first-order chi connectivity index (χ1) is 13.0. The number of anilines is 1. The maximum absolute atomic E-state index is 12.8. The summed E-state index contributed by atoms with van der Waals surface area (Å²) in [6.45, 7) is 1.47. The zero-order valence-corrected chi connectivity index (χ0v) is 15.1. The molecule has 0 spiro atoms. The van der Waals surface area contributed by atoms with E-state index >= 15 is 0 Å². The van der Waals surface area contributed by atoms with Crippen molar-refractivity contribution in [3.63, 3.8) is 0 Å². The van der Waals surface area contributed by atoms with Crippen molar-refractivity contribution < 1.29 is 23.8 Å². The van der Waals surface area contributed by atoms with E-state index < -0.39 is 5.91 Å². The van der Waals surface area contributed by atoms with E-state index in [-0.39, 0.29) is 17.7 Å². The van der Waals surface area contributed by atoms with Crippen molar-refractivity contribution in [3.05, 3.63) is 52.8 Å². The predicted octanol–water partition coefficient (Wildman–Crippen LogP) is 2.38. The van der Waals surface area contributed by atoms with Crippen LogP contribution < -0.4 is 20.3 Å². The Kier molecular flexibility index (Phi) is 5.09. The lowest BCUT2D eigenvalue weighted by Gasteiger charge is -2.12. The van der Waals surface area contributed by atoms with Crippen LogP contribution in [0, 0.1) is 12.3 Å². The normalized spacial score (nSPS) is 10.7. The molecule has 0 saturated heterocycles. The topological polar surface area (TPSA) is 118 Å². The van der Waals surface area contributed by atoms with E-state index in [0.717, 1.165) is 0 Å². The Morgan fingerprint density at radius 2 is 2.07 bits per heavy atom. The summed E-state index contributed by atoms with van der Waals surface area (Å²) in [5.41, 5.74) is 1.55. The van der Waals surface area contributed by atoms with Crippen molar-refractivity contribution in [3.8, 4) is 11.5 Å².